The summed E-state index contributed by atoms with van der Waals surface area (Å²) < 4.78 is 5.25. The number of carbonyl (C=O) groups excluding carboxylic acids is 2. The number of aliphatic hydroxyl groups is 1. The maximum atomic E-state index is 13.3. The normalized spacial score (nSPS) is 17.3. The lowest BCUT2D eigenvalue weighted by atomic mass is 9.93. The summed E-state index contributed by atoms with van der Waals surface area (Å²) in [5.74, 6) is -1.46. The van der Waals surface area contributed by atoms with Crippen LogP contribution in [-0.4, -0.2) is 29.0 Å². The Morgan fingerprint density at radius 1 is 0.853 bits per heavy atom. The summed E-state index contributed by atoms with van der Waals surface area (Å²) in [7, 11) is 1.55. The van der Waals surface area contributed by atoms with Crippen molar-refractivity contribution in [3.63, 3.8) is 0 Å². The van der Waals surface area contributed by atoms with Gasteiger partial charge in [-0.3, -0.25) is 14.5 Å². The second-order valence-electron chi connectivity index (χ2n) is 7.96. The van der Waals surface area contributed by atoms with Crippen LogP contribution in [0.3, 0.4) is 0 Å². The van der Waals surface area contributed by atoms with Gasteiger partial charge in [-0.25, -0.2) is 0 Å². The molecule has 1 unspecified atom stereocenters. The third-order valence-electron chi connectivity index (χ3n) is 6.06. The van der Waals surface area contributed by atoms with E-state index in [1.165, 1.54) is 11.0 Å². The monoisotopic (exact) mass is 451 g/mol. The van der Waals surface area contributed by atoms with Crippen LogP contribution in [0.1, 0.15) is 17.2 Å². The lowest BCUT2D eigenvalue weighted by molar-refractivity contribution is -0.132. The van der Waals surface area contributed by atoms with Crippen LogP contribution in [0.15, 0.2) is 96.6 Å². The van der Waals surface area contributed by atoms with Crippen molar-refractivity contribution in [2.24, 2.45) is 0 Å². The van der Waals surface area contributed by atoms with Crippen molar-refractivity contribution in [2.75, 3.05) is 12.0 Å². The van der Waals surface area contributed by atoms with Gasteiger partial charge in [0.05, 0.1) is 24.4 Å². The molecule has 1 aliphatic rings. The average molecular weight is 451 g/mol. The summed E-state index contributed by atoms with van der Waals surface area (Å²) in [4.78, 5) is 27.8. The zero-order valence-electron chi connectivity index (χ0n) is 18.3. The van der Waals surface area contributed by atoms with Gasteiger partial charge in [0, 0.05) is 5.56 Å². The SMILES string of the molecule is COc1ccc(C2/C(=C(/O)c3cccc4ccccc34)C(=O)C(=O)N2c2ccccc2O)cc1. The summed E-state index contributed by atoms with van der Waals surface area (Å²) in [6, 6.07) is 25.2. The van der Waals surface area contributed by atoms with E-state index in [4.69, 9.17) is 4.74 Å². The van der Waals surface area contributed by atoms with Gasteiger partial charge < -0.3 is 14.9 Å². The number of hydrogen-bond acceptors (Lipinski definition) is 5. The summed E-state index contributed by atoms with van der Waals surface area (Å²) in [6.07, 6.45) is 0. The predicted octanol–water partition coefficient (Wildman–Crippen LogP) is 5.18. The number of benzene rings is 4. The van der Waals surface area contributed by atoms with Crippen LogP contribution in [0.2, 0.25) is 0 Å². The number of methoxy groups -OCH3 is 1. The average Bonchev–Trinajstić information content (AvgIpc) is 3.13. The van der Waals surface area contributed by atoms with Gasteiger partial charge in [-0.05, 0) is 40.6 Å². The van der Waals surface area contributed by atoms with Crippen molar-refractivity contribution in [1.82, 2.24) is 0 Å². The van der Waals surface area contributed by atoms with Crippen molar-refractivity contribution in [3.05, 3.63) is 108 Å². The van der Waals surface area contributed by atoms with E-state index in [1.807, 2.05) is 30.3 Å². The number of Topliss-reactive ketones (excluding diaryl/α,β-unsaturated/α-hetero) is 1. The number of nitrogens with zero attached hydrogens (tertiary/aromatic N) is 1. The van der Waals surface area contributed by atoms with E-state index in [9.17, 15) is 19.8 Å². The van der Waals surface area contributed by atoms with Crippen molar-refractivity contribution in [1.29, 1.82) is 0 Å². The molecular weight excluding hydrogens is 430 g/mol. The first kappa shape index (κ1) is 21.3. The molecule has 0 spiro atoms. The van der Waals surface area contributed by atoms with Crippen LogP contribution in [0.5, 0.6) is 11.5 Å². The smallest absolute Gasteiger partial charge is 0.300 e. The fraction of sp³-hybridized carbons (Fsp3) is 0.0714. The van der Waals surface area contributed by atoms with Crippen molar-refractivity contribution < 1.29 is 24.5 Å². The first-order valence-corrected chi connectivity index (χ1v) is 10.7. The van der Waals surface area contributed by atoms with Crippen LogP contribution in [-0.2, 0) is 9.59 Å². The summed E-state index contributed by atoms with van der Waals surface area (Å²) in [5, 5.41) is 23.6. The molecule has 0 aliphatic carbocycles. The van der Waals surface area contributed by atoms with E-state index in [0.717, 1.165) is 10.8 Å². The zero-order valence-corrected chi connectivity index (χ0v) is 18.3. The number of aromatic hydroxyl groups is 1. The molecule has 1 atom stereocenters. The molecule has 1 aliphatic heterocycles. The Labute approximate surface area is 196 Å². The third-order valence-corrected chi connectivity index (χ3v) is 6.06. The standard InChI is InChI=1S/C28H21NO5/c1-34-19-15-13-18(14-16-19)25-24(26(31)21-10-6-8-17-7-2-3-9-20(17)21)27(32)28(33)29(25)22-11-4-5-12-23(22)30/h2-16,25,30-31H,1H3/b26-24-. The Morgan fingerprint density at radius 2 is 1.53 bits per heavy atom. The van der Waals surface area contributed by atoms with Gasteiger partial charge in [-0.2, -0.15) is 0 Å². The molecule has 1 fully saturated rings. The first-order valence-electron chi connectivity index (χ1n) is 10.7. The highest BCUT2D eigenvalue weighted by Crippen LogP contribution is 2.45. The number of phenols is 1. The molecule has 6 nitrogen and oxygen atoms in total. The molecule has 0 bridgehead atoms. The van der Waals surface area contributed by atoms with Crippen LogP contribution in [0.4, 0.5) is 5.69 Å². The number of amides is 1. The molecule has 0 radical (unpaired) electrons. The Bertz CT molecular complexity index is 1450. The fourth-order valence-electron chi connectivity index (χ4n) is 4.43. The molecule has 5 rings (SSSR count). The maximum absolute atomic E-state index is 13.3. The highest BCUT2D eigenvalue weighted by Gasteiger charge is 2.47. The van der Waals surface area contributed by atoms with Gasteiger partial charge in [-0.1, -0.05) is 66.7 Å². The van der Waals surface area contributed by atoms with Crippen molar-refractivity contribution >= 4 is 33.9 Å². The van der Waals surface area contributed by atoms with Crippen LogP contribution in [0.25, 0.3) is 16.5 Å². The number of ketones is 1. The molecular formula is C28H21NO5. The van der Waals surface area contributed by atoms with E-state index in [0.29, 0.717) is 16.9 Å². The molecule has 0 saturated carbocycles. The lowest BCUT2D eigenvalue weighted by Gasteiger charge is -2.26. The number of carbonyl (C=O) groups is 2. The molecule has 2 N–H and O–H groups in total. The molecule has 1 heterocycles. The Morgan fingerprint density at radius 3 is 2.26 bits per heavy atom. The van der Waals surface area contributed by atoms with E-state index in [2.05, 4.69) is 0 Å². The van der Waals surface area contributed by atoms with Crippen molar-refractivity contribution in [2.45, 2.75) is 6.04 Å². The Balaban J connectivity index is 1.78. The zero-order chi connectivity index (χ0) is 23.8. The summed E-state index contributed by atoms with van der Waals surface area (Å²) in [6.45, 7) is 0. The lowest BCUT2D eigenvalue weighted by Crippen LogP contribution is -2.29. The van der Waals surface area contributed by atoms with Gasteiger partial charge in [-0.15, -0.1) is 0 Å². The Hall–Kier alpha value is -4.58. The molecule has 4 aromatic rings. The van der Waals surface area contributed by atoms with E-state index in [-0.39, 0.29) is 22.8 Å². The number of hydrogen-bond donors (Lipinski definition) is 2. The predicted molar refractivity (Wildman–Crippen MR) is 130 cm³/mol. The molecule has 168 valence electrons. The topological polar surface area (TPSA) is 87.1 Å². The number of para-hydroxylation sites is 2. The minimum absolute atomic E-state index is 0.0465. The van der Waals surface area contributed by atoms with E-state index >= 15 is 0 Å². The maximum Gasteiger partial charge on any atom is 0.300 e. The van der Waals surface area contributed by atoms with E-state index < -0.39 is 17.7 Å². The van der Waals surface area contributed by atoms with E-state index in [1.54, 1.807) is 61.7 Å². The minimum Gasteiger partial charge on any atom is -0.507 e. The van der Waals surface area contributed by atoms with Crippen LogP contribution >= 0.6 is 0 Å². The third kappa shape index (κ3) is 3.36. The van der Waals surface area contributed by atoms with Gasteiger partial charge >= 0.3 is 0 Å². The number of anilines is 1. The van der Waals surface area contributed by atoms with Crippen LogP contribution < -0.4 is 9.64 Å². The second kappa shape index (κ2) is 8.41. The van der Waals surface area contributed by atoms with Gasteiger partial charge in [0.1, 0.15) is 17.3 Å². The number of ether oxygens (including phenoxy) is 1. The first-order chi connectivity index (χ1) is 16.5. The largest absolute Gasteiger partial charge is 0.507 e. The highest BCUT2D eigenvalue weighted by atomic mass is 16.5. The second-order valence-corrected chi connectivity index (χ2v) is 7.96. The summed E-state index contributed by atoms with van der Waals surface area (Å²) in [5.41, 5.74) is 1.18. The fourth-order valence-corrected chi connectivity index (χ4v) is 4.43. The number of phenolic OH excluding ortho intramolecular Hbond substituents is 1. The summed E-state index contributed by atoms with van der Waals surface area (Å²) >= 11 is 0. The minimum atomic E-state index is -0.946. The van der Waals surface area contributed by atoms with Gasteiger partial charge in [0.15, 0.2) is 0 Å². The molecule has 1 amide bonds. The molecule has 0 aromatic heterocycles. The van der Waals surface area contributed by atoms with Crippen LogP contribution in [0, 0.1) is 0 Å². The highest BCUT2D eigenvalue weighted by molar-refractivity contribution is 6.52. The molecule has 4 aromatic carbocycles. The van der Waals surface area contributed by atoms with Gasteiger partial charge in [0.2, 0.25) is 0 Å². The van der Waals surface area contributed by atoms with Crippen molar-refractivity contribution in [3.8, 4) is 11.5 Å². The molecule has 6 heteroatoms. The number of fused-ring (bicyclic) bond motifs is 1. The number of aliphatic hydroxyl groups excluding tert-OH is 1. The Kier molecular flexibility index (Phi) is 5.26. The number of rotatable bonds is 4. The molecule has 1 saturated heterocycles. The quantitative estimate of drug-likeness (QED) is 0.254. The van der Waals surface area contributed by atoms with Gasteiger partial charge in [0.25, 0.3) is 11.7 Å². The molecule has 34 heavy (non-hydrogen) atoms.